The van der Waals surface area contributed by atoms with Crippen molar-refractivity contribution in [2.45, 2.75) is 0 Å². The van der Waals surface area contributed by atoms with Crippen molar-refractivity contribution in [1.29, 1.82) is 0 Å². The third-order valence-corrected chi connectivity index (χ3v) is 2.44. The van der Waals surface area contributed by atoms with Gasteiger partial charge < -0.3 is 5.11 Å². The standard InChI is InChI=1S/C10H9BrN2O/c1-13-5-4-9(12-13)8-6-7(11)2-3-10(8)14/h2-6,14H,1H3. The molecule has 1 aromatic heterocycles. The quantitative estimate of drug-likeness (QED) is 0.848. The predicted octanol–water partition coefficient (Wildman–Crippen LogP) is 2.56. The molecule has 0 spiro atoms. The number of rotatable bonds is 1. The Labute approximate surface area is 90.1 Å². The Bertz CT molecular complexity index is 465. The second-order valence-electron chi connectivity index (χ2n) is 3.04. The van der Waals surface area contributed by atoms with Gasteiger partial charge in [-0.05, 0) is 24.3 Å². The number of hydrogen-bond acceptors (Lipinski definition) is 2. The Morgan fingerprint density at radius 1 is 1.36 bits per heavy atom. The summed E-state index contributed by atoms with van der Waals surface area (Å²) in [5.74, 6) is 0.243. The van der Waals surface area contributed by atoms with Crippen LogP contribution in [0.5, 0.6) is 5.75 Å². The first kappa shape index (κ1) is 9.27. The zero-order valence-electron chi connectivity index (χ0n) is 7.61. The summed E-state index contributed by atoms with van der Waals surface area (Å²) in [7, 11) is 1.85. The summed E-state index contributed by atoms with van der Waals surface area (Å²) in [6.45, 7) is 0. The lowest BCUT2D eigenvalue weighted by Gasteiger charge is -2.01. The Hall–Kier alpha value is -1.29. The molecule has 1 aromatic carbocycles. The molecule has 14 heavy (non-hydrogen) atoms. The van der Waals surface area contributed by atoms with Crippen LogP contribution in [-0.2, 0) is 7.05 Å². The van der Waals surface area contributed by atoms with Crippen LogP contribution in [0.1, 0.15) is 0 Å². The van der Waals surface area contributed by atoms with Gasteiger partial charge in [0.25, 0.3) is 0 Å². The van der Waals surface area contributed by atoms with Gasteiger partial charge in [0.05, 0.1) is 5.69 Å². The fraction of sp³-hybridized carbons (Fsp3) is 0.100. The fourth-order valence-electron chi connectivity index (χ4n) is 1.27. The topological polar surface area (TPSA) is 38.0 Å². The van der Waals surface area contributed by atoms with E-state index < -0.39 is 0 Å². The van der Waals surface area contributed by atoms with E-state index >= 15 is 0 Å². The summed E-state index contributed by atoms with van der Waals surface area (Å²) >= 11 is 3.35. The number of hydrogen-bond donors (Lipinski definition) is 1. The molecular weight excluding hydrogens is 244 g/mol. The molecule has 0 aliphatic rings. The van der Waals surface area contributed by atoms with Crippen LogP contribution >= 0.6 is 15.9 Å². The zero-order chi connectivity index (χ0) is 10.1. The van der Waals surface area contributed by atoms with Gasteiger partial charge in [-0.1, -0.05) is 15.9 Å². The molecule has 1 N–H and O–H groups in total. The van der Waals surface area contributed by atoms with Crippen LogP contribution in [0.15, 0.2) is 34.9 Å². The first-order valence-corrected chi connectivity index (χ1v) is 4.94. The number of benzene rings is 1. The fourth-order valence-corrected chi connectivity index (χ4v) is 1.63. The Balaban J connectivity index is 2.55. The molecule has 1 heterocycles. The van der Waals surface area contributed by atoms with Crippen molar-refractivity contribution in [3.8, 4) is 17.0 Å². The molecule has 0 bridgehead atoms. The Morgan fingerprint density at radius 2 is 2.14 bits per heavy atom. The van der Waals surface area contributed by atoms with Crippen LogP contribution in [0.4, 0.5) is 0 Å². The van der Waals surface area contributed by atoms with E-state index in [2.05, 4.69) is 21.0 Å². The molecule has 0 saturated carbocycles. The third-order valence-electron chi connectivity index (χ3n) is 1.95. The van der Waals surface area contributed by atoms with Gasteiger partial charge in [-0.2, -0.15) is 5.10 Å². The molecule has 0 aliphatic carbocycles. The summed E-state index contributed by atoms with van der Waals surface area (Å²) in [6.07, 6.45) is 1.84. The van der Waals surface area contributed by atoms with Crippen LogP contribution in [0.3, 0.4) is 0 Å². The Morgan fingerprint density at radius 3 is 2.79 bits per heavy atom. The lowest BCUT2D eigenvalue weighted by Crippen LogP contribution is -1.88. The highest BCUT2D eigenvalue weighted by molar-refractivity contribution is 9.10. The largest absolute Gasteiger partial charge is 0.507 e. The third kappa shape index (κ3) is 1.65. The minimum Gasteiger partial charge on any atom is -0.507 e. The Kier molecular flexibility index (Phi) is 2.29. The van der Waals surface area contributed by atoms with Crippen molar-refractivity contribution in [2.75, 3.05) is 0 Å². The van der Waals surface area contributed by atoms with Crippen LogP contribution in [0.2, 0.25) is 0 Å². The van der Waals surface area contributed by atoms with Gasteiger partial charge >= 0.3 is 0 Å². The second-order valence-corrected chi connectivity index (χ2v) is 3.95. The van der Waals surface area contributed by atoms with Crippen LogP contribution in [0, 0.1) is 0 Å². The highest BCUT2D eigenvalue weighted by atomic mass is 79.9. The smallest absolute Gasteiger partial charge is 0.125 e. The van der Waals surface area contributed by atoms with Gasteiger partial charge in [-0.15, -0.1) is 0 Å². The van der Waals surface area contributed by atoms with Crippen molar-refractivity contribution in [1.82, 2.24) is 9.78 Å². The second kappa shape index (κ2) is 3.46. The highest BCUT2D eigenvalue weighted by Gasteiger charge is 2.06. The molecule has 0 fully saturated rings. The minimum atomic E-state index is 0.243. The molecule has 0 saturated heterocycles. The predicted molar refractivity (Wildman–Crippen MR) is 58.0 cm³/mol. The molecule has 0 radical (unpaired) electrons. The number of aryl methyl sites for hydroxylation is 1. The van der Waals surface area contributed by atoms with Gasteiger partial charge in [0.2, 0.25) is 0 Å². The van der Waals surface area contributed by atoms with Gasteiger partial charge in [0, 0.05) is 23.3 Å². The molecule has 72 valence electrons. The van der Waals surface area contributed by atoms with Crippen LogP contribution < -0.4 is 0 Å². The molecule has 0 amide bonds. The maximum Gasteiger partial charge on any atom is 0.125 e. The van der Waals surface area contributed by atoms with Gasteiger partial charge in [-0.3, -0.25) is 4.68 Å². The van der Waals surface area contributed by atoms with Gasteiger partial charge in [-0.25, -0.2) is 0 Å². The number of aromatic nitrogens is 2. The average Bonchev–Trinajstić information content (AvgIpc) is 2.56. The number of aromatic hydroxyl groups is 1. The van der Waals surface area contributed by atoms with Crippen molar-refractivity contribution >= 4 is 15.9 Å². The summed E-state index contributed by atoms with van der Waals surface area (Å²) < 4.78 is 2.63. The van der Waals surface area contributed by atoms with E-state index in [9.17, 15) is 5.11 Å². The number of halogens is 1. The van der Waals surface area contributed by atoms with E-state index in [0.717, 1.165) is 15.7 Å². The van der Waals surface area contributed by atoms with Crippen molar-refractivity contribution in [3.05, 3.63) is 34.9 Å². The molecule has 0 unspecified atom stereocenters. The molecule has 2 aromatic rings. The maximum absolute atomic E-state index is 9.63. The van der Waals surface area contributed by atoms with E-state index in [-0.39, 0.29) is 5.75 Å². The normalized spacial score (nSPS) is 10.4. The lowest BCUT2D eigenvalue weighted by atomic mass is 10.1. The van der Waals surface area contributed by atoms with Crippen LogP contribution in [-0.4, -0.2) is 14.9 Å². The van der Waals surface area contributed by atoms with Crippen molar-refractivity contribution < 1.29 is 5.11 Å². The first-order chi connectivity index (χ1) is 6.66. The minimum absolute atomic E-state index is 0.243. The number of phenolic OH excluding ortho intramolecular Hbond substituents is 1. The summed E-state index contributed by atoms with van der Waals surface area (Å²) in [5.41, 5.74) is 1.51. The van der Waals surface area contributed by atoms with Gasteiger partial charge in [0.1, 0.15) is 5.75 Å². The molecule has 2 rings (SSSR count). The molecule has 4 heteroatoms. The summed E-state index contributed by atoms with van der Waals surface area (Å²) in [5, 5.41) is 13.8. The average molecular weight is 253 g/mol. The molecule has 3 nitrogen and oxygen atoms in total. The van der Waals surface area contributed by atoms with E-state index in [4.69, 9.17) is 0 Å². The van der Waals surface area contributed by atoms with Gasteiger partial charge in [0.15, 0.2) is 0 Å². The molecule has 0 aliphatic heterocycles. The summed E-state index contributed by atoms with van der Waals surface area (Å²) in [4.78, 5) is 0. The van der Waals surface area contributed by atoms with E-state index in [0.29, 0.717) is 0 Å². The van der Waals surface area contributed by atoms with E-state index in [1.165, 1.54) is 0 Å². The summed E-state index contributed by atoms with van der Waals surface area (Å²) in [6, 6.07) is 7.15. The number of nitrogens with zero attached hydrogens (tertiary/aromatic N) is 2. The van der Waals surface area contributed by atoms with E-state index in [1.807, 2.05) is 25.4 Å². The number of phenols is 1. The van der Waals surface area contributed by atoms with Crippen molar-refractivity contribution in [2.24, 2.45) is 7.05 Å². The zero-order valence-corrected chi connectivity index (χ0v) is 9.19. The van der Waals surface area contributed by atoms with Crippen molar-refractivity contribution in [3.63, 3.8) is 0 Å². The maximum atomic E-state index is 9.63. The van der Waals surface area contributed by atoms with Crippen LogP contribution in [0.25, 0.3) is 11.3 Å². The van der Waals surface area contributed by atoms with E-state index in [1.54, 1.807) is 16.8 Å². The first-order valence-electron chi connectivity index (χ1n) is 4.15. The highest BCUT2D eigenvalue weighted by Crippen LogP contribution is 2.30. The SMILES string of the molecule is Cn1ccc(-c2cc(Br)ccc2O)n1. The lowest BCUT2D eigenvalue weighted by molar-refractivity contribution is 0.477. The monoisotopic (exact) mass is 252 g/mol. The molecule has 0 atom stereocenters. The molecular formula is C10H9BrN2O.